The van der Waals surface area contributed by atoms with Crippen molar-refractivity contribution >= 4 is 10.0 Å². The molecule has 0 atom stereocenters. The van der Waals surface area contributed by atoms with Crippen LogP contribution < -0.4 is 4.72 Å². The van der Waals surface area contributed by atoms with E-state index in [-0.39, 0.29) is 5.25 Å². The first-order valence-electron chi connectivity index (χ1n) is 5.67. The third-order valence-electron chi connectivity index (χ3n) is 1.89. The predicted octanol–water partition coefficient (Wildman–Crippen LogP) is 1.77. The Labute approximate surface area is 94.5 Å². The van der Waals surface area contributed by atoms with Gasteiger partial charge >= 0.3 is 0 Å². The molecule has 5 heteroatoms. The first-order chi connectivity index (χ1) is 7.17. The van der Waals surface area contributed by atoms with Crippen molar-refractivity contribution in [2.75, 3.05) is 20.3 Å². The smallest absolute Gasteiger partial charge is 0.214 e. The van der Waals surface area contributed by atoms with E-state index in [0.29, 0.717) is 26.1 Å². The van der Waals surface area contributed by atoms with E-state index >= 15 is 0 Å². The molecule has 1 aliphatic rings. The van der Waals surface area contributed by atoms with Gasteiger partial charge in [0.1, 0.15) is 0 Å². The summed E-state index contributed by atoms with van der Waals surface area (Å²) in [4.78, 5) is 0. The van der Waals surface area contributed by atoms with E-state index in [1.807, 2.05) is 27.7 Å². The second-order valence-corrected chi connectivity index (χ2v) is 4.73. The second kappa shape index (κ2) is 10.4. The van der Waals surface area contributed by atoms with E-state index in [1.165, 1.54) is 7.05 Å². The molecule has 0 aromatic carbocycles. The Morgan fingerprint density at radius 3 is 1.80 bits per heavy atom. The molecule has 1 heterocycles. The van der Waals surface area contributed by atoms with Crippen LogP contribution in [0.3, 0.4) is 0 Å². The van der Waals surface area contributed by atoms with E-state index in [0.717, 1.165) is 0 Å². The van der Waals surface area contributed by atoms with Crippen molar-refractivity contribution in [1.82, 2.24) is 4.72 Å². The lowest BCUT2D eigenvalue weighted by Gasteiger charge is -2.21. The Morgan fingerprint density at radius 2 is 1.47 bits per heavy atom. The van der Waals surface area contributed by atoms with E-state index in [2.05, 4.69) is 4.72 Å². The van der Waals surface area contributed by atoms with Crippen molar-refractivity contribution in [3.8, 4) is 0 Å². The van der Waals surface area contributed by atoms with Gasteiger partial charge in [-0.15, -0.1) is 0 Å². The molecule has 0 aromatic rings. The molecule has 4 nitrogen and oxygen atoms in total. The molecular formula is C10H25NO3S. The molecule has 15 heavy (non-hydrogen) atoms. The summed E-state index contributed by atoms with van der Waals surface area (Å²) in [6.07, 6.45) is 1.23. The van der Waals surface area contributed by atoms with E-state index in [4.69, 9.17) is 4.74 Å². The number of hydrogen-bond acceptors (Lipinski definition) is 3. The number of sulfonamides is 1. The molecule has 94 valence electrons. The fourth-order valence-electron chi connectivity index (χ4n) is 1.15. The summed E-state index contributed by atoms with van der Waals surface area (Å²) in [6, 6.07) is 0. The molecule has 0 aromatic heterocycles. The quantitative estimate of drug-likeness (QED) is 0.799. The standard InChI is InChI=1S/C6H13NO3S.2C2H6/c1-7-11(8,9)6-2-4-10-5-3-6;2*1-2/h6-7H,2-5H2,1H3;2*1-2H3. The largest absolute Gasteiger partial charge is 0.381 e. The summed E-state index contributed by atoms with van der Waals surface area (Å²) in [5, 5.41) is -0.249. The highest BCUT2D eigenvalue weighted by molar-refractivity contribution is 7.90. The fraction of sp³-hybridized carbons (Fsp3) is 1.00. The van der Waals surface area contributed by atoms with Gasteiger partial charge in [0, 0.05) is 13.2 Å². The molecule has 0 unspecified atom stereocenters. The van der Waals surface area contributed by atoms with Crippen LogP contribution in [0.25, 0.3) is 0 Å². The normalized spacial score (nSPS) is 16.9. The highest BCUT2D eigenvalue weighted by atomic mass is 32.2. The Hall–Kier alpha value is -0.130. The van der Waals surface area contributed by atoms with Gasteiger partial charge in [-0.05, 0) is 19.9 Å². The van der Waals surface area contributed by atoms with Crippen LogP contribution in [0.2, 0.25) is 0 Å². The van der Waals surface area contributed by atoms with Gasteiger partial charge in [0.2, 0.25) is 10.0 Å². The summed E-state index contributed by atoms with van der Waals surface area (Å²) in [6.45, 7) is 9.12. The predicted molar refractivity (Wildman–Crippen MR) is 64.5 cm³/mol. The van der Waals surface area contributed by atoms with Gasteiger partial charge in [-0.2, -0.15) is 0 Å². The van der Waals surface area contributed by atoms with Gasteiger partial charge in [0.15, 0.2) is 0 Å². The lowest BCUT2D eigenvalue weighted by Crippen LogP contribution is -2.35. The molecule has 0 aliphatic carbocycles. The number of hydrogen-bond donors (Lipinski definition) is 1. The first kappa shape index (κ1) is 17.3. The molecule has 1 N–H and O–H groups in total. The van der Waals surface area contributed by atoms with E-state index in [9.17, 15) is 8.42 Å². The Morgan fingerprint density at radius 1 is 1.07 bits per heavy atom. The molecule has 0 radical (unpaired) electrons. The van der Waals surface area contributed by atoms with Crippen LogP contribution in [0.15, 0.2) is 0 Å². The zero-order valence-electron chi connectivity index (χ0n) is 10.5. The molecule has 1 rings (SSSR count). The topological polar surface area (TPSA) is 55.4 Å². The second-order valence-electron chi connectivity index (χ2n) is 2.56. The van der Waals surface area contributed by atoms with Crippen LogP contribution in [0.5, 0.6) is 0 Å². The Balaban J connectivity index is 0. The van der Waals surface area contributed by atoms with Gasteiger partial charge in [-0.3, -0.25) is 0 Å². The molecule has 0 spiro atoms. The summed E-state index contributed by atoms with van der Waals surface area (Å²) in [7, 11) is -1.60. The zero-order chi connectivity index (χ0) is 12.3. The Bertz CT molecular complexity index is 209. The third-order valence-corrected chi connectivity index (χ3v) is 3.81. The Kier molecular flexibility index (Phi) is 12.0. The van der Waals surface area contributed by atoms with Gasteiger partial charge < -0.3 is 4.74 Å². The number of rotatable bonds is 2. The number of ether oxygens (including phenoxy) is 1. The van der Waals surface area contributed by atoms with Gasteiger partial charge in [-0.1, -0.05) is 27.7 Å². The van der Waals surface area contributed by atoms with Crippen LogP contribution in [0.1, 0.15) is 40.5 Å². The highest BCUT2D eigenvalue weighted by Gasteiger charge is 2.25. The molecular weight excluding hydrogens is 214 g/mol. The van der Waals surface area contributed by atoms with Crippen LogP contribution in [0.4, 0.5) is 0 Å². The van der Waals surface area contributed by atoms with Crippen molar-refractivity contribution in [3.05, 3.63) is 0 Å². The molecule has 1 fully saturated rings. The maximum absolute atomic E-state index is 11.2. The SMILES string of the molecule is CC.CC.CNS(=O)(=O)C1CCOCC1. The van der Waals surface area contributed by atoms with Crippen LogP contribution in [-0.4, -0.2) is 33.9 Å². The summed E-state index contributed by atoms with van der Waals surface area (Å²) in [5.74, 6) is 0. The maximum atomic E-state index is 11.2. The average Bonchev–Trinajstić information content (AvgIpc) is 2.35. The zero-order valence-corrected chi connectivity index (χ0v) is 11.4. The third kappa shape index (κ3) is 6.87. The lowest BCUT2D eigenvalue weighted by atomic mass is 10.2. The van der Waals surface area contributed by atoms with Crippen molar-refractivity contribution < 1.29 is 13.2 Å². The highest BCUT2D eigenvalue weighted by Crippen LogP contribution is 2.13. The minimum Gasteiger partial charge on any atom is -0.381 e. The minimum atomic E-state index is -3.05. The average molecular weight is 239 g/mol. The minimum absolute atomic E-state index is 0.249. The maximum Gasteiger partial charge on any atom is 0.214 e. The summed E-state index contributed by atoms with van der Waals surface area (Å²) in [5.41, 5.74) is 0. The molecule has 0 amide bonds. The van der Waals surface area contributed by atoms with Gasteiger partial charge in [0.25, 0.3) is 0 Å². The summed E-state index contributed by atoms with van der Waals surface area (Å²) < 4.78 is 29.8. The van der Waals surface area contributed by atoms with Crippen molar-refractivity contribution in [2.24, 2.45) is 0 Å². The monoisotopic (exact) mass is 239 g/mol. The number of nitrogens with one attached hydrogen (secondary N) is 1. The summed E-state index contributed by atoms with van der Waals surface area (Å²) >= 11 is 0. The van der Waals surface area contributed by atoms with E-state index < -0.39 is 10.0 Å². The van der Waals surface area contributed by atoms with Gasteiger partial charge in [-0.25, -0.2) is 13.1 Å². The fourth-order valence-corrected chi connectivity index (χ4v) is 2.30. The first-order valence-corrected chi connectivity index (χ1v) is 7.21. The van der Waals surface area contributed by atoms with Gasteiger partial charge in [0.05, 0.1) is 5.25 Å². The van der Waals surface area contributed by atoms with Crippen LogP contribution in [-0.2, 0) is 14.8 Å². The van der Waals surface area contributed by atoms with Crippen molar-refractivity contribution in [1.29, 1.82) is 0 Å². The molecule has 0 saturated carbocycles. The molecule has 0 bridgehead atoms. The van der Waals surface area contributed by atoms with Crippen LogP contribution >= 0.6 is 0 Å². The van der Waals surface area contributed by atoms with Crippen LogP contribution in [0, 0.1) is 0 Å². The van der Waals surface area contributed by atoms with Crippen molar-refractivity contribution in [2.45, 2.75) is 45.8 Å². The molecule has 1 saturated heterocycles. The lowest BCUT2D eigenvalue weighted by molar-refractivity contribution is 0.0982. The van der Waals surface area contributed by atoms with E-state index in [1.54, 1.807) is 0 Å². The van der Waals surface area contributed by atoms with Crippen molar-refractivity contribution in [3.63, 3.8) is 0 Å². The molecule has 1 aliphatic heterocycles.